The van der Waals surface area contributed by atoms with E-state index in [1.165, 1.54) is 0 Å². The van der Waals surface area contributed by atoms with E-state index in [4.69, 9.17) is 9.97 Å². The van der Waals surface area contributed by atoms with Crippen molar-refractivity contribution >= 4 is 46.4 Å². The number of benzene rings is 7. The van der Waals surface area contributed by atoms with Crippen LogP contribution in [-0.4, -0.2) is 81.7 Å². The van der Waals surface area contributed by atoms with E-state index in [0.29, 0.717) is 44.3 Å². The number of hydrogen-bond acceptors (Lipinski definition) is 10. The van der Waals surface area contributed by atoms with Crippen molar-refractivity contribution in [3.05, 3.63) is 291 Å². The van der Waals surface area contributed by atoms with Crippen LogP contribution in [0.5, 0.6) is 0 Å². The second-order valence-corrected chi connectivity index (χ2v) is 26.3. The lowest BCUT2D eigenvalue weighted by Crippen LogP contribution is -2.42. The van der Waals surface area contributed by atoms with Crippen molar-refractivity contribution < 1.29 is 19.2 Å². The first kappa shape index (κ1) is 65.4. The fourth-order valence-corrected chi connectivity index (χ4v) is 14.8. The van der Waals surface area contributed by atoms with Crippen molar-refractivity contribution in [3.63, 3.8) is 0 Å². The van der Waals surface area contributed by atoms with Crippen LogP contribution in [0.1, 0.15) is 61.5 Å². The number of pyridine rings is 4. The van der Waals surface area contributed by atoms with E-state index >= 15 is 0 Å². The summed E-state index contributed by atoms with van der Waals surface area (Å²) in [5.74, 6) is -1.67. The maximum atomic E-state index is 14.9. The standard InChI is InChI=1S/C86H76N10O4/c1-93(70-37-29-58(30-38-70)78-21-9-13-45-87-78)83(97)65-49-63(50-66(53-65)84(98)94(2)71-39-31-59(32-40-71)79-22-10-14-46-88-79)75-18-6-5-17-74(75)57-25-27-62(28-26-57)82-91-55-69(56-92-82)77-20-8-7-19-76(77)64-51-67(85(99)95(3)72-41-33-60(34-42-72)80-23-11-15-47-89-80)54-68(52-64)86(100)96(4)73-43-35-61(36-44-73)81-24-12-16-48-90-81/h5-48,55-56,63-68H,49-54H2,1-4H3. The van der Waals surface area contributed by atoms with Crippen molar-refractivity contribution in [2.45, 2.75) is 50.4 Å². The Balaban J connectivity index is 0.712. The highest BCUT2D eigenvalue weighted by Gasteiger charge is 2.42. The van der Waals surface area contributed by atoms with Gasteiger partial charge in [-0.25, -0.2) is 9.97 Å². The molecule has 7 aromatic carbocycles. The maximum absolute atomic E-state index is 14.9. The monoisotopic (exact) mass is 1310 g/mol. The Labute approximate surface area is 583 Å². The number of rotatable bonds is 17. The maximum Gasteiger partial charge on any atom is 0.229 e. The van der Waals surface area contributed by atoms with Crippen LogP contribution in [0.25, 0.3) is 78.7 Å². The Bertz CT molecular complexity index is 4290. The van der Waals surface area contributed by atoms with Crippen LogP contribution in [0, 0.1) is 23.7 Å². The second-order valence-electron chi connectivity index (χ2n) is 26.3. The fourth-order valence-electron chi connectivity index (χ4n) is 14.8. The van der Waals surface area contributed by atoms with Crippen molar-refractivity contribution in [1.82, 2.24) is 29.9 Å². The molecular weight excluding hydrogens is 1240 g/mol. The minimum Gasteiger partial charge on any atom is -0.315 e. The summed E-state index contributed by atoms with van der Waals surface area (Å²) >= 11 is 0. The van der Waals surface area contributed by atoms with Gasteiger partial charge in [0.15, 0.2) is 5.82 Å². The molecular formula is C86H76N10O4. The van der Waals surface area contributed by atoms with Gasteiger partial charge >= 0.3 is 0 Å². The Kier molecular flexibility index (Phi) is 19.2. The number of aromatic nitrogens is 6. The molecule has 14 nitrogen and oxygen atoms in total. The molecule has 0 radical (unpaired) electrons. The molecule has 14 rings (SSSR count). The molecule has 0 spiro atoms. The highest BCUT2D eigenvalue weighted by molar-refractivity contribution is 5.99. The van der Waals surface area contributed by atoms with Gasteiger partial charge in [-0.3, -0.25) is 39.1 Å². The molecule has 0 bridgehead atoms. The van der Waals surface area contributed by atoms with Crippen LogP contribution >= 0.6 is 0 Å². The zero-order valence-corrected chi connectivity index (χ0v) is 56.4. The molecule has 2 aliphatic carbocycles. The van der Waals surface area contributed by atoms with E-state index in [1.807, 2.05) is 247 Å². The highest BCUT2D eigenvalue weighted by atomic mass is 16.2. The molecule has 2 saturated carbocycles. The van der Waals surface area contributed by atoms with Crippen LogP contribution in [-0.2, 0) is 19.2 Å². The van der Waals surface area contributed by atoms with Crippen LogP contribution < -0.4 is 19.6 Å². The lowest BCUT2D eigenvalue weighted by atomic mass is 9.70. The molecule has 100 heavy (non-hydrogen) atoms. The van der Waals surface area contributed by atoms with Crippen LogP contribution in [0.2, 0.25) is 0 Å². The number of amides is 4. The number of nitrogens with zero attached hydrogens (tertiary/aromatic N) is 10. The number of anilines is 4. The SMILES string of the molecule is CN(C(=O)C1CC(C(=O)N(C)c2ccc(-c3ccccn3)cc2)CC(c2ccccc2-c2ccc(-c3ncc(-c4ccccc4C4CC(C(=O)N(C)c5ccc(-c6ccccn6)cc5)CC(C(=O)N(C)c5ccc(-c6ccccn6)cc5)C4)cn3)cc2)C1)c1ccc(-c2ccccn2)cc1. The molecule has 2 fully saturated rings. The van der Waals surface area contributed by atoms with Gasteiger partial charge in [0, 0.05) is 145 Å². The molecule has 4 unspecified atom stereocenters. The molecule has 4 atom stereocenters. The number of carbonyl (C=O) groups is 4. The Morgan fingerprint density at radius 3 is 0.820 bits per heavy atom. The lowest BCUT2D eigenvalue weighted by molar-refractivity contribution is -0.129. The molecule has 12 aromatic rings. The van der Waals surface area contributed by atoms with Gasteiger partial charge in [0.1, 0.15) is 0 Å². The lowest BCUT2D eigenvalue weighted by Gasteiger charge is -2.37. The predicted molar refractivity (Wildman–Crippen MR) is 398 cm³/mol. The first-order valence-electron chi connectivity index (χ1n) is 34.2. The van der Waals surface area contributed by atoms with Crippen LogP contribution in [0.15, 0.2) is 280 Å². The minimum absolute atomic E-state index is 0.0327. The van der Waals surface area contributed by atoms with Gasteiger partial charge in [0.2, 0.25) is 23.6 Å². The summed E-state index contributed by atoms with van der Waals surface area (Å²) in [6.45, 7) is 0. The van der Waals surface area contributed by atoms with E-state index < -0.39 is 23.7 Å². The summed E-state index contributed by atoms with van der Waals surface area (Å²) in [5.41, 5.74) is 17.0. The third-order valence-corrected chi connectivity index (χ3v) is 20.2. The Morgan fingerprint density at radius 1 is 0.270 bits per heavy atom. The Hall–Kier alpha value is -11.9. The van der Waals surface area contributed by atoms with Gasteiger partial charge in [-0.1, -0.05) is 146 Å². The molecule has 0 N–H and O–H groups in total. The Morgan fingerprint density at radius 2 is 0.530 bits per heavy atom. The zero-order valence-electron chi connectivity index (χ0n) is 56.4. The molecule has 2 aliphatic rings. The smallest absolute Gasteiger partial charge is 0.229 e. The molecule has 4 amide bonds. The summed E-state index contributed by atoms with van der Waals surface area (Å²) in [7, 11) is 7.30. The molecule has 5 aromatic heterocycles. The van der Waals surface area contributed by atoms with E-state index in [0.717, 1.165) is 107 Å². The number of carbonyl (C=O) groups excluding carboxylic acids is 4. The van der Waals surface area contributed by atoms with E-state index in [2.05, 4.69) is 56.3 Å². The topological polar surface area (TPSA) is 159 Å². The fraction of sp³-hybridized carbons (Fsp3) is 0.186. The number of hydrogen-bond donors (Lipinski definition) is 0. The summed E-state index contributed by atoms with van der Waals surface area (Å²) in [4.78, 5) is 94.7. The average molecular weight is 1310 g/mol. The third kappa shape index (κ3) is 14.1. The molecule has 5 heterocycles. The van der Waals surface area contributed by atoms with Crippen molar-refractivity contribution in [2.75, 3.05) is 47.8 Å². The molecule has 0 aliphatic heterocycles. The quantitative estimate of drug-likeness (QED) is 0.0859. The van der Waals surface area contributed by atoms with Crippen LogP contribution in [0.4, 0.5) is 22.7 Å². The molecule has 14 heteroatoms. The summed E-state index contributed by atoms with van der Waals surface area (Å²) < 4.78 is 0. The third-order valence-electron chi connectivity index (χ3n) is 20.2. The molecule has 494 valence electrons. The van der Waals surface area contributed by atoms with E-state index in [1.54, 1.807) is 44.4 Å². The first-order valence-corrected chi connectivity index (χ1v) is 34.2. The van der Waals surface area contributed by atoms with Crippen LogP contribution in [0.3, 0.4) is 0 Å². The first-order chi connectivity index (χ1) is 48.9. The van der Waals surface area contributed by atoms with E-state index in [-0.39, 0.29) is 35.5 Å². The highest BCUT2D eigenvalue weighted by Crippen LogP contribution is 2.47. The largest absolute Gasteiger partial charge is 0.315 e. The van der Waals surface area contributed by atoms with Gasteiger partial charge in [-0.2, -0.15) is 0 Å². The van der Waals surface area contributed by atoms with Gasteiger partial charge in [-0.15, -0.1) is 0 Å². The van der Waals surface area contributed by atoms with Gasteiger partial charge in [0.25, 0.3) is 0 Å². The van der Waals surface area contributed by atoms with Crippen molar-refractivity contribution in [3.8, 4) is 78.7 Å². The summed E-state index contributed by atoms with van der Waals surface area (Å²) in [6.07, 6.45) is 13.9. The zero-order chi connectivity index (χ0) is 68.6. The summed E-state index contributed by atoms with van der Waals surface area (Å²) in [5, 5.41) is 0. The average Bonchev–Trinajstić information content (AvgIpc) is 0.787. The minimum atomic E-state index is -0.458. The summed E-state index contributed by atoms with van der Waals surface area (Å²) in [6, 6.07) is 79.7. The second kappa shape index (κ2) is 29.4. The van der Waals surface area contributed by atoms with Gasteiger partial charge in [0.05, 0.1) is 22.8 Å². The van der Waals surface area contributed by atoms with Crippen molar-refractivity contribution in [2.24, 2.45) is 23.7 Å². The predicted octanol–water partition coefficient (Wildman–Crippen LogP) is 17.4. The normalized spacial score (nSPS) is 17.3. The van der Waals surface area contributed by atoms with E-state index in [9.17, 15) is 19.2 Å². The molecule has 0 saturated heterocycles. The van der Waals surface area contributed by atoms with Gasteiger partial charge in [-0.05, 0) is 175 Å². The van der Waals surface area contributed by atoms with Crippen molar-refractivity contribution in [1.29, 1.82) is 0 Å². The van der Waals surface area contributed by atoms with Gasteiger partial charge < -0.3 is 19.6 Å².